The van der Waals surface area contributed by atoms with Gasteiger partial charge in [-0.1, -0.05) is 20.8 Å². The van der Waals surface area contributed by atoms with E-state index in [9.17, 15) is 4.79 Å². The summed E-state index contributed by atoms with van der Waals surface area (Å²) >= 11 is 0. The summed E-state index contributed by atoms with van der Waals surface area (Å²) in [5.74, 6) is 1.51. The summed E-state index contributed by atoms with van der Waals surface area (Å²) in [7, 11) is 0. The molecule has 17 heavy (non-hydrogen) atoms. The molecule has 0 saturated heterocycles. The van der Waals surface area contributed by atoms with Gasteiger partial charge in [0.2, 0.25) is 0 Å². The number of furan rings is 1. The zero-order chi connectivity index (χ0) is 12.8. The Balaban J connectivity index is 2.57. The van der Waals surface area contributed by atoms with Gasteiger partial charge in [0.1, 0.15) is 5.76 Å². The van der Waals surface area contributed by atoms with Gasteiger partial charge in [-0.15, -0.1) is 0 Å². The van der Waals surface area contributed by atoms with Crippen molar-refractivity contribution in [3.05, 3.63) is 23.7 Å². The van der Waals surface area contributed by atoms with E-state index in [2.05, 4.69) is 19.2 Å². The molecule has 1 aromatic rings. The van der Waals surface area contributed by atoms with Crippen LogP contribution in [0.5, 0.6) is 0 Å². The van der Waals surface area contributed by atoms with E-state index in [1.807, 2.05) is 13.0 Å². The molecule has 1 unspecified atom stereocenters. The van der Waals surface area contributed by atoms with Gasteiger partial charge >= 0.3 is 0 Å². The quantitative estimate of drug-likeness (QED) is 0.796. The third-order valence-corrected chi connectivity index (χ3v) is 2.61. The molecule has 0 aliphatic carbocycles. The lowest BCUT2D eigenvalue weighted by molar-refractivity contribution is 0.0904. The van der Waals surface area contributed by atoms with Gasteiger partial charge in [-0.25, -0.2) is 0 Å². The lowest BCUT2D eigenvalue weighted by Crippen LogP contribution is -2.40. The number of carbonyl (C=O) groups excluding carboxylic acids is 1. The lowest BCUT2D eigenvalue weighted by atomic mass is 10.0. The van der Waals surface area contributed by atoms with Crippen LogP contribution in [0.1, 0.15) is 43.5 Å². The summed E-state index contributed by atoms with van der Waals surface area (Å²) in [5, 5.41) is 2.89. The summed E-state index contributed by atoms with van der Waals surface area (Å²) in [5.41, 5.74) is 5.63. The molecule has 0 aromatic carbocycles. The average Bonchev–Trinajstić information content (AvgIpc) is 2.75. The van der Waals surface area contributed by atoms with E-state index in [4.69, 9.17) is 10.2 Å². The third kappa shape index (κ3) is 4.23. The van der Waals surface area contributed by atoms with Crippen molar-refractivity contribution in [3.8, 4) is 0 Å². The van der Waals surface area contributed by atoms with Gasteiger partial charge < -0.3 is 15.5 Å². The molecule has 0 radical (unpaired) electrons. The molecule has 1 rings (SSSR count). The Hall–Kier alpha value is -1.29. The number of aryl methyl sites for hydroxylation is 1. The second kappa shape index (κ2) is 6.45. The normalized spacial score (nSPS) is 12.8. The highest BCUT2D eigenvalue weighted by molar-refractivity contribution is 5.91. The van der Waals surface area contributed by atoms with Crippen LogP contribution in [0.25, 0.3) is 0 Å². The van der Waals surface area contributed by atoms with E-state index in [1.165, 1.54) is 0 Å². The maximum atomic E-state index is 11.9. The maximum Gasteiger partial charge on any atom is 0.287 e. The Kier molecular flexibility index (Phi) is 5.22. The van der Waals surface area contributed by atoms with Crippen LogP contribution < -0.4 is 11.1 Å². The second-order valence-electron chi connectivity index (χ2n) is 4.66. The first-order chi connectivity index (χ1) is 8.06. The topological polar surface area (TPSA) is 68.3 Å². The standard InChI is InChI=1S/C13H22N2O2/c1-4-11-5-6-12(17-11)13(16)15-10(8-14)7-9(2)3/h5-6,9-10H,4,7-8,14H2,1-3H3,(H,15,16). The van der Waals surface area contributed by atoms with Gasteiger partial charge in [0.25, 0.3) is 5.91 Å². The number of hydrogen-bond donors (Lipinski definition) is 2. The Labute approximate surface area is 103 Å². The van der Waals surface area contributed by atoms with Crippen molar-refractivity contribution < 1.29 is 9.21 Å². The van der Waals surface area contributed by atoms with Crippen molar-refractivity contribution in [2.75, 3.05) is 6.54 Å². The van der Waals surface area contributed by atoms with Gasteiger partial charge in [0.15, 0.2) is 5.76 Å². The van der Waals surface area contributed by atoms with Gasteiger partial charge in [-0.05, 0) is 24.5 Å². The Bertz CT molecular complexity index is 358. The van der Waals surface area contributed by atoms with Gasteiger partial charge in [0, 0.05) is 19.0 Å². The number of carbonyl (C=O) groups is 1. The van der Waals surface area contributed by atoms with Crippen LogP contribution in [-0.2, 0) is 6.42 Å². The van der Waals surface area contributed by atoms with Crippen molar-refractivity contribution >= 4 is 5.91 Å². The third-order valence-electron chi connectivity index (χ3n) is 2.61. The smallest absolute Gasteiger partial charge is 0.287 e. The molecule has 1 atom stereocenters. The zero-order valence-corrected chi connectivity index (χ0v) is 10.8. The van der Waals surface area contributed by atoms with Crippen LogP contribution in [0.15, 0.2) is 16.5 Å². The molecule has 3 N–H and O–H groups in total. The van der Waals surface area contributed by atoms with Crippen molar-refractivity contribution in [1.29, 1.82) is 0 Å². The first-order valence-corrected chi connectivity index (χ1v) is 6.16. The minimum atomic E-state index is -0.180. The van der Waals surface area contributed by atoms with E-state index in [0.717, 1.165) is 18.6 Å². The number of nitrogens with one attached hydrogen (secondary N) is 1. The predicted molar refractivity (Wildman–Crippen MR) is 67.8 cm³/mol. The largest absolute Gasteiger partial charge is 0.456 e. The van der Waals surface area contributed by atoms with Crippen LogP contribution in [0, 0.1) is 5.92 Å². The Morgan fingerprint density at radius 3 is 2.65 bits per heavy atom. The molecule has 4 heteroatoms. The molecule has 0 spiro atoms. The fraction of sp³-hybridized carbons (Fsp3) is 0.615. The molecule has 1 aromatic heterocycles. The molecule has 0 fully saturated rings. The highest BCUT2D eigenvalue weighted by Gasteiger charge is 2.16. The summed E-state index contributed by atoms with van der Waals surface area (Å²) in [6.07, 6.45) is 1.67. The molecule has 0 aliphatic rings. The molecule has 0 saturated carbocycles. The van der Waals surface area contributed by atoms with Crippen molar-refractivity contribution in [2.45, 2.75) is 39.7 Å². The highest BCUT2D eigenvalue weighted by Crippen LogP contribution is 2.10. The van der Waals surface area contributed by atoms with Crippen LogP contribution >= 0.6 is 0 Å². The van der Waals surface area contributed by atoms with Crippen molar-refractivity contribution in [2.24, 2.45) is 11.7 Å². The molecule has 4 nitrogen and oxygen atoms in total. The Morgan fingerprint density at radius 2 is 2.18 bits per heavy atom. The average molecular weight is 238 g/mol. The van der Waals surface area contributed by atoms with Crippen LogP contribution in [-0.4, -0.2) is 18.5 Å². The lowest BCUT2D eigenvalue weighted by Gasteiger charge is -2.17. The highest BCUT2D eigenvalue weighted by atomic mass is 16.3. The molecule has 0 bridgehead atoms. The van der Waals surface area contributed by atoms with E-state index in [-0.39, 0.29) is 11.9 Å². The van der Waals surface area contributed by atoms with E-state index in [0.29, 0.717) is 18.2 Å². The molecular formula is C13H22N2O2. The van der Waals surface area contributed by atoms with Gasteiger partial charge in [0.05, 0.1) is 0 Å². The monoisotopic (exact) mass is 238 g/mol. The molecule has 1 heterocycles. The fourth-order valence-electron chi connectivity index (χ4n) is 1.73. The van der Waals surface area contributed by atoms with Gasteiger partial charge in [-0.2, -0.15) is 0 Å². The van der Waals surface area contributed by atoms with E-state index >= 15 is 0 Å². The van der Waals surface area contributed by atoms with E-state index in [1.54, 1.807) is 6.07 Å². The number of amides is 1. The van der Waals surface area contributed by atoms with Crippen LogP contribution in [0.4, 0.5) is 0 Å². The first kappa shape index (κ1) is 13.8. The van der Waals surface area contributed by atoms with E-state index < -0.39 is 0 Å². The minimum Gasteiger partial charge on any atom is -0.456 e. The number of nitrogens with two attached hydrogens (primary N) is 1. The zero-order valence-electron chi connectivity index (χ0n) is 10.8. The van der Waals surface area contributed by atoms with Crippen molar-refractivity contribution in [3.63, 3.8) is 0 Å². The minimum absolute atomic E-state index is 0.0117. The van der Waals surface area contributed by atoms with Crippen LogP contribution in [0.3, 0.4) is 0 Å². The SMILES string of the molecule is CCc1ccc(C(=O)NC(CN)CC(C)C)o1. The Morgan fingerprint density at radius 1 is 1.47 bits per heavy atom. The summed E-state index contributed by atoms with van der Waals surface area (Å²) in [6, 6.07) is 3.55. The second-order valence-corrected chi connectivity index (χ2v) is 4.66. The fourth-order valence-corrected chi connectivity index (χ4v) is 1.73. The molecular weight excluding hydrogens is 216 g/mol. The summed E-state index contributed by atoms with van der Waals surface area (Å²) in [4.78, 5) is 11.9. The number of rotatable bonds is 6. The first-order valence-electron chi connectivity index (χ1n) is 6.16. The molecule has 0 aliphatic heterocycles. The van der Waals surface area contributed by atoms with Gasteiger partial charge in [-0.3, -0.25) is 4.79 Å². The number of hydrogen-bond acceptors (Lipinski definition) is 3. The summed E-state index contributed by atoms with van der Waals surface area (Å²) in [6.45, 7) is 6.65. The van der Waals surface area contributed by atoms with Crippen molar-refractivity contribution in [1.82, 2.24) is 5.32 Å². The maximum absolute atomic E-state index is 11.9. The summed E-state index contributed by atoms with van der Waals surface area (Å²) < 4.78 is 5.39. The molecule has 96 valence electrons. The molecule has 1 amide bonds. The predicted octanol–water partition coefficient (Wildman–Crippen LogP) is 1.95. The van der Waals surface area contributed by atoms with Crippen LogP contribution in [0.2, 0.25) is 0 Å².